The molecule has 5 heteroatoms. The zero-order valence-electron chi connectivity index (χ0n) is 20.9. The lowest BCUT2D eigenvalue weighted by atomic mass is 9.77. The van der Waals surface area contributed by atoms with Gasteiger partial charge in [0.25, 0.3) is 0 Å². The van der Waals surface area contributed by atoms with Crippen molar-refractivity contribution in [2.45, 2.75) is 75.3 Å². The van der Waals surface area contributed by atoms with Gasteiger partial charge in [0.2, 0.25) is 11.8 Å². The van der Waals surface area contributed by atoms with Crippen LogP contribution in [0.2, 0.25) is 0 Å². The second-order valence-electron chi connectivity index (χ2n) is 10.8. The third-order valence-corrected chi connectivity index (χ3v) is 8.49. The Morgan fingerprint density at radius 1 is 0.800 bits per heavy atom. The van der Waals surface area contributed by atoms with Crippen molar-refractivity contribution < 1.29 is 9.59 Å². The first-order chi connectivity index (χ1) is 17.1. The predicted octanol–water partition coefficient (Wildman–Crippen LogP) is 4.66. The van der Waals surface area contributed by atoms with Crippen LogP contribution in [-0.4, -0.2) is 53.3 Å². The van der Waals surface area contributed by atoms with E-state index in [9.17, 15) is 9.59 Å². The van der Waals surface area contributed by atoms with Crippen LogP contribution in [0.4, 0.5) is 0 Å². The van der Waals surface area contributed by atoms with Gasteiger partial charge in [0.05, 0.1) is 5.41 Å². The summed E-state index contributed by atoms with van der Waals surface area (Å²) < 4.78 is 0. The van der Waals surface area contributed by atoms with Gasteiger partial charge in [0.1, 0.15) is 0 Å². The molecule has 5 nitrogen and oxygen atoms in total. The van der Waals surface area contributed by atoms with Crippen molar-refractivity contribution in [1.82, 2.24) is 15.1 Å². The summed E-state index contributed by atoms with van der Waals surface area (Å²) in [5.74, 6) is 0.364. The summed E-state index contributed by atoms with van der Waals surface area (Å²) in [5, 5.41) is 3.17. The molecule has 2 aromatic carbocycles. The van der Waals surface area contributed by atoms with E-state index in [-0.39, 0.29) is 22.8 Å². The van der Waals surface area contributed by atoms with Crippen LogP contribution >= 0.6 is 0 Å². The zero-order chi connectivity index (χ0) is 24.1. The zero-order valence-corrected chi connectivity index (χ0v) is 20.9. The standard InChI is InChI=1S/C30H39N3O2/c34-27-23-29(15-8-3-9-16-29)33(24-25-11-4-1-5-12-25)21-10-20-32(22-19-31-27)28(35)30(17-18-30)26-13-6-2-7-14-26/h1-2,4-7,11-14H,3,8-10,15-24H2,(H,31,34). The van der Waals surface area contributed by atoms with E-state index in [1.54, 1.807) is 0 Å². The summed E-state index contributed by atoms with van der Waals surface area (Å²) in [7, 11) is 0. The molecule has 1 aliphatic heterocycles. The van der Waals surface area contributed by atoms with Crippen molar-refractivity contribution in [3.8, 4) is 0 Å². The molecule has 2 aromatic rings. The minimum absolute atomic E-state index is 0.0842. The molecule has 1 spiro atoms. The van der Waals surface area contributed by atoms with E-state index in [1.807, 2.05) is 23.1 Å². The lowest BCUT2D eigenvalue weighted by molar-refractivity contribution is -0.134. The highest BCUT2D eigenvalue weighted by atomic mass is 16.2. The van der Waals surface area contributed by atoms with Crippen LogP contribution in [0.1, 0.15) is 68.9 Å². The summed E-state index contributed by atoms with van der Waals surface area (Å²) in [4.78, 5) is 31.5. The summed E-state index contributed by atoms with van der Waals surface area (Å²) in [5.41, 5.74) is 1.98. The van der Waals surface area contributed by atoms with Gasteiger partial charge in [-0.3, -0.25) is 14.5 Å². The van der Waals surface area contributed by atoms with Crippen molar-refractivity contribution in [1.29, 1.82) is 0 Å². The van der Waals surface area contributed by atoms with Crippen LogP contribution in [-0.2, 0) is 21.5 Å². The highest BCUT2D eigenvalue weighted by molar-refractivity contribution is 5.91. The fraction of sp³-hybridized carbons (Fsp3) is 0.533. The first-order valence-corrected chi connectivity index (χ1v) is 13.5. The van der Waals surface area contributed by atoms with Crippen molar-refractivity contribution in [2.75, 3.05) is 26.2 Å². The molecule has 3 fully saturated rings. The Morgan fingerprint density at radius 2 is 1.49 bits per heavy atom. The molecule has 0 radical (unpaired) electrons. The van der Waals surface area contributed by atoms with E-state index >= 15 is 0 Å². The smallest absolute Gasteiger partial charge is 0.233 e. The fourth-order valence-corrected chi connectivity index (χ4v) is 6.37. The highest BCUT2D eigenvalue weighted by Crippen LogP contribution is 2.49. The Kier molecular flexibility index (Phi) is 7.24. The molecule has 2 aliphatic carbocycles. The number of benzene rings is 2. The Bertz CT molecular complexity index is 997. The van der Waals surface area contributed by atoms with Crippen LogP contribution in [0.15, 0.2) is 60.7 Å². The summed E-state index contributed by atoms with van der Waals surface area (Å²) in [6, 6.07) is 20.9. The monoisotopic (exact) mass is 473 g/mol. The lowest BCUT2D eigenvalue weighted by Gasteiger charge is -2.46. The maximum atomic E-state index is 13.8. The van der Waals surface area contributed by atoms with Gasteiger partial charge in [-0.05, 0) is 43.2 Å². The van der Waals surface area contributed by atoms with Gasteiger partial charge in [0.15, 0.2) is 0 Å². The average Bonchev–Trinajstić information content (AvgIpc) is 3.70. The highest BCUT2D eigenvalue weighted by Gasteiger charge is 2.52. The normalized spacial score (nSPS) is 22.7. The van der Waals surface area contributed by atoms with Crippen molar-refractivity contribution in [3.63, 3.8) is 0 Å². The number of nitrogens with one attached hydrogen (secondary N) is 1. The minimum Gasteiger partial charge on any atom is -0.354 e. The van der Waals surface area contributed by atoms with E-state index in [0.29, 0.717) is 19.5 Å². The van der Waals surface area contributed by atoms with E-state index < -0.39 is 0 Å². The van der Waals surface area contributed by atoms with Gasteiger partial charge < -0.3 is 10.2 Å². The molecule has 2 amide bonds. The van der Waals surface area contributed by atoms with Gasteiger partial charge in [-0.1, -0.05) is 79.9 Å². The maximum Gasteiger partial charge on any atom is 0.233 e. The number of hydrogen-bond donors (Lipinski definition) is 1. The van der Waals surface area contributed by atoms with Crippen molar-refractivity contribution in [2.24, 2.45) is 0 Å². The molecule has 3 aliphatic rings. The quantitative estimate of drug-likeness (QED) is 0.703. The molecule has 0 atom stereocenters. The molecule has 0 aromatic heterocycles. The number of carbonyl (C=O) groups is 2. The van der Waals surface area contributed by atoms with E-state index in [1.165, 1.54) is 24.8 Å². The average molecular weight is 474 g/mol. The largest absolute Gasteiger partial charge is 0.354 e. The van der Waals surface area contributed by atoms with Crippen LogP contribution in [0, 0.1) is 0 Å². The maximum absolute atomic E-state index is 13.8. The first-order valence-electron chi connectivity index (χ1n) is 13.5. The van der Waals surface area contributed by atoms with Crippen LogP contribution in [0.5, 0.6) is 0 Å². The number of rotatable bonds is 4. The number of carbonyl (C=O) groups excluding carboxylic acids is 2. The van der Waals surface area contributed by atoms with Crippen LogP contribution < -0.4 is 5.32 Å². The molecule has 0 bridgehead atoms. The van der Waals surface area contributed by atoms with Gasteiger partial charge in [-0.15, -0.1) is 0 Å². The second-order valence-corrected chi connectivity index (χ2v) is 10.8. The Hall–Kier alpha value is -2.66. The Balaban J connectivity index is 1.36. The van der Waals surface area contributed by atoms with Gasteiger partial charge in [0, 0.05) is 44.7 Å². The summed E-state index contributed by atoms with van der Waals surface area (Å²) in [6.07, 6.45) is 9.10. The van der Waals surface area contributed by atoms with Gasteiger partial charge in [-0.2, -0.15) is 0 Å². The van der Waals surface area contributed by atoms with E-state index in [4.69, 9.17) is 0 Å². The van der Waals surface area contributed by atoms with Crippen molar-refractivity contribution in [3.05, 3.63) is 71.8 Å². The molecule has 2 saturated carbocycles. The fourth-order valence-electron chi connectivity index (χ4n) is 6.37. The molecule has 1 heterocycles. The third kappa shape index (κ3) is 5.30. The molecule has 5 rings (SSSR count). The summed E-state index contributed by atoms with van der Waals surface area (Å²) in [6.45, 7) is 3.63. The second kappa shape index (κ2) is 10.5. The molecule has 35 heavy (non-hydrogen) atoms. The van der Waals surface area contributed by atoms with E-state index in [0.717, 1.165) is 57.3 Å². The number of nitrogens with zero attached hydrogens (tertiary/aromatic N) is 2. The molecule has 1 N–H and O–H groups in total. The minimum atomic E-state index is -0.361. The van der Waals surface area contributed by atoms with Crippen molar-refractivity contribution >= 4 is 11.8 Å². The predicted molar refractivity (Wildman–Crippen MR) is 139 cm³/mol. The van der Waals surface area contributed by atoms with E-state index in [2.05, 4.69) is 52.7 Å². The molecule has 186 valence electrons. The first kappa shape index (κ1) is 24.1. The van der Waals surface area contributed by atoms with Crippen LogP contribution in [0.3, 0.4) is 0 Å². The molecule has 0 unspecified atom stereocenters. The molecular weight excluding hydrogens is 434 g/mol. The Morgan fingerprint density at radius 3 is 2.17 bits per heavy atom. The number of hydrogen-bond acceptors (Lipinski definition) is 3. The lowest BCUT2D eigenvalue weighted by Crippen LogP contribution is -2.52. The Labute approximate surface area is 209 Å². The van der Waals surface area contributed by atoms with Gasteiger partial charge in [-0.25, -0.2) is 0 Å². The summed E-state index contributed by atoms with van der Waals surface area (Å²) >= 11 is 0. The third-order valence-electron chi connectivity index (χ3n) is 8.49. The SMILES string of the molecule is O=C1CC2(CCCCC2)N(Cc2ccccc2)CCCN(C(=O)C2(c3ccccc3)CC2)CCN1. The molecular formula is C30H39N3O2. The topological polar surface area (TPSA) is 52.7 Å². The van der Waals surface area contributed by atoms with Gasteiger partial charge >= 0.3 is 0 Å². The number of amides is 2. The molecule has 1 saturated heterocycles. The van der Waals surface area contributed by atoms with Crippen LogP contribution in [0.25, 0.3) is 0 Å².